The van der Waals surface area contributed by atoms with E-state index in [0.717, 1.165) is 56.6 Å². The van der Waals surface area contributed by atoms with Crippen LogP contribution in [0.4, 0.5) is 8.78 Å². The Kier molecular flexibility index (Phi) is 9.35. The molecule has 4 rings (SSSR count). The Labute approximate surface area is 234 Å². The van der Waals surface area contributed by atoms with Crippen molar-refractivity contribution in [2.75, 3.05) is 33.3 Å². The van der Waals surface area contributed by atoms with Crippen LogP contribution in [0, 0.1) is 11.6 Å². The summed E-state index contributed by atoms with van der Waals surface area (Å²) in [6.45, 7) is 6.34. The fourth-order valence-corrected chi connectivity index (χ4v) is 6.03. The van der Waals surface area contributed by atoms with E-state index in [2.05, 4.69) is 9.89 Å². The third-order valence-electron chi connectivity index (χ3n) is 8.19. The van der Waals surface area contributed by atoms with Gasteiger partial charge in [-0.2, -0.15) is 0 Å². The molecule has 1 atom stereocenters. The van der Waals surface area contributed by atoms with Crippen LogP contribution in [-0.4, -0.2) is 66.0 Å². The standard InChI is InChI=1S/C31H37F2N3O4/c1-21-27(29(37)38)28(25-13-12-24(32)20-26(25)33)36(22(2)34-21)17-9-5-8-16-35-18-14-31(15-19-35,30(39)40-3)23-10-6-4-7-11-23/h4,6-7,10-13,20,28H,5,8-9,14-19H2,1-3H3,(H,37,38). The molecule has 7 nitrogen and oxygen atoms in total. The van der Waals surface area contributed by atoms with Crippen molar-refractivity contribution < 1.29 is 28.2 Å². The molecule has 0 aromatic heterocycles. The number of hydrogen-bond acceptors (Lipinski definition) is 6. The quantitative estimate of drug-likeness (QED) is 0.310. The number of nitrogens with zero attached hydrogens (tertiary/aromatic N) is 3. The summed E-state index contributed by atoms with van der Waals surface area (Å²) in [5.41, 5.74) is 0.816. The van der Waals surface area contributed by atoms with Gasteiger partial charge in [0.15, 0.2) is 0 Å². The summed E-state index contributed by atoms with van der Waals surface area (Å²) >= 11 is 0. The summed E-state index contributed by atoms with van der Waals surface area (Å²) in [6.07, 6.45) is 3.95. The van der Waals surface area contributed by atoms with E-state index in [4.69, 9.17) is 4.74 Å². The highest BCUT2D eigenvalue weighted by atomic mass is 19.1. The monoisotopic (exact) mass is 553 g/mol. The van der Waals surface area contributed by atoms with Crippen LogP contribution in [0.2, 0.25) is 0 Å². The molecule has 0 saturated carbocycles. The van der Waals surface area contributed by atoms with E-state index in [1.807, 2.05) is 30.3 Å². The molecule has 1 N–H and O–H groups in total. The Morgan fingerprint density at radius 1 is 1.02 bits per heavy atom. The van der Waals surface area contributed by atoms with Crippen LogP contribution in [-0.2, 0) is 19.7 Å². The summed E-state index contributed by atoms with van der Waals surface area (Å²) in [4.78, 5) is 33.5. The Bertz CT molecular complexity index is 1290. The molecule has 1 fully saturated rings. The maximum absolute atomic E-state index is 14.8. The SMILES string of the molecule is COC(=O)C1(c2ccccc2)CCN(CCCCCN2C(C)=NC(C)=C(C(=O)O)C2c2ccc(F)cc2F)CC1. The number of carbonyl (C=O) groups excluding carboxylic acids is 1. The predicted molar refractivity (Wildman–Crippen MR) is 149 cm³/mol. The van der Waals surface area contributed by atoms with Crippen LogP contribution in [0.3, 0.4) is 0 Å². The molecule has 2 aliphatic heterocycles. The van der Waals surface area contributed by atoms with Crippen LogP contribution in [0.1, 0.15) is 63.1 Å². The van der Waals surface area contributed by atoms with E-state index >= 15 is 0 Å². The van der Waals surface area contributed by atoms with Crippen molar-refractivity contribution in [1.82, 2.24) is 9.80 Å². The smallest absolute Gasteiger partial charge is 0.335 e. The number of rotatable bonds is 10. The summed E-state index contributed by atoms with van der Waals surface area (Å²) in [5, 5.41) is 9.92. The first kappa shape index (κ1) is 29.4. The zero-order chi connectivity index (χ0) is 28.9. The van der Waals surface area contributed by atoms with Gasteiger partial charge in [-0.1, -0.05) is 42.8 Å². The van der Waals surface area contributed by atoms with Crippen molar-refractivity contribution >= 4 is 17.8 Å². The molecule has 2 aromatic rings. The molecular formula is C31H37F2N3O4. The lowest BCUT2D eigenvalue weighted by atomic mass is 9.72. The van der Waals surface area contributed by atoms with Crippen molar-refractivity contribution in [2.45, 2.75) is 57.4 Å². The van der Waals surface area contributed by atoms with Gasteiger partial charge in [0, 0.05) is 18.2 Å². The van der Waals surface area contributed by atoms with Crippen molar-refractivity contribution in [3.63, 3.8) is 0 Å². The van der Waals surface area contributed by atoms with Crippen molar-refractivity contribution in [3.8, 4) is 0 Å². The van der Waals surface area contributed by atoms with Crippen molar-refractivity contribution in [2.24, 2.45) is 4.99 Å². The number of methoxy groups -OCH3 is 1. The van der Waals surface area contributed by atoms with Gasteiger partial charge < -0.3 is 19.6 Å². The minimum absolute atomic E-state index is 0.00284. The highest BCUT2D eigenvalue weighted by molar-refractivity contribution is 5.94. The second-order valence-electron chi connectivity index (χ2n) is 10.6. The fraction of sp³-hybridized carbons (Fsp3) is 0.452. The number of allylic oxidation sites excluding steroid dienone is 1. The van der Waals surface area contributed by atoms with E-state index in [1.165, 1.54) is 13.2 Å². The highest BCUT2D eigenvalue weighted by Crippen LogP contribution is 2.38. The third kappa shape index (κ3) is 6.09. The average Bonchev–Trinajstić information content (AvgIpc) is 2.94. The summed E-state index contributed by atoms with van der Waals surface area (Å²) in [6, 6.07) is 12.2. The lowest BCUT2D eigenvalue weighted by Crippen LogP contribution is -2.48. The molecule has 40 heavy (non-hydrogen) atoms. The molecule has 9 heteroatoms. The second kappa shape index (κ2) is 12.7. The number of carboxylic acids is 1. The Morgan fingerprint density at radius 3 is 2.33 bits per heavy atom. The number of likely N-dealkylation sites (tertiary alicyclic amines) is 1. The molecule has 214 valence electrons. The molecule has 0 amide bonds. The highest BCUT2D eigenvalue weighted by Gasteiger charge is 2.43. The molecule has 1 unspecified atom stereocenters. The Hall–Kier alpha value is -3.59. The number of esters is 1. The van der Waals surface area contributed by atoms with Gasteiger partial charge in [-0.15, -0.1) is 0 Å². The zero-order valence-electron chi connectivity index (χ0n) is 23.3. The molecule has 0 bridgehead atoms. The largest absolute Gasteiger partial charge is 0.478 e. The van der Waals surface area contributed by atoms with E-state index in [1.54, 1.807) is 18.7 Å². The third-order valence-corrected chi connectivity index (χ3v) is 8.19. The van der Waals surface area contributed by atoms with Crippen LogP contribution < -0.4 is 0 Å². The van der Waals surface area contributed by atoms with Gasteiger partial charge >= 0.3 is 11.9 Å². The molecule has 0 radical (unpaired) electrons. The van der Waals surface area contributed by atoms with Gasteiger partial charge in [0.1, 0.15) is 17.5 Å². The molecular weight excluding hydrogens is 516 g/mol. The number of ether oxygens (including phenoxy) is 1. The minimum atomic E-state index is -1.17. The number of aliphatic carboxylic acids is 1. The summed E-state index contributed by atoms with van der Waals surface area (Å²) in [5.74, 6) is -2.24. The first-order chi connectivity index (χ1) is 19.2. The molecule has 0 spiro atoms. The molecule has 1 saturated heterocycles. The fourth-order valence-electron chi connectivity index (χ4n) is 6.03. The summed E-state index contributed by atoms with van der Waals surface area (Å²) < 4.78 is 33.6. The number of carboxylic acid groups (broad SMARTS) is 1. The summed E-state index contributed by atoms with van der Waals surface area (Å²) in [7, 11) is 1.44. The first-order valence-corrected chi connectivity index (χ1v) is 13.7. The predicted octanol–water partition coefficient (Wildman–Crippen LogP) is 5.48. The molecule has 0 aliphatic carbocycles. The van der Waals surface area contributed by atoms with Gasteiger partial charge in [-0.05, 0) is 70.8 Å². The van der Waals surface area contributed by atoms with Crippen molar-refractivity contribution in [1.29, 1.82) is 0 Å². The minimum Gasteiger partial charge on any atom is -0.478 e. The zero-order valence-corrected chi connectivity index (χ0v) is 23.3. The van der Waals surface area contributed by atoms with Gasteiger partial charge in [-0.3, -0.25) is 4.79 Å². The number of halogens is 2. The Balaban J connectivity index is 1.35. The number of amidine groups is 1. The normalized spacial score (nSPS) is 19.4. The van der Waals surface area contributed by atoms with Gasteiger partial charge in [0.05, 0.1) is 29.8 Å². The second-order valence-corrected chi connectivity index (χ2v) is 10.6. The lowest BCUT2D eigenvalue weighted by molar-refractivity contribution is -0.149. The Morgan fingerprint density at radius 2 is 1.70 bits per heavy atom. The number of hydrogen-bond donors (Lipinski definition) is 1. The molecule has 2 heterocycles. The van der Waals surface area contributed by atoms with E-state index < -0.39 is 29.1 Å². The number of piperidine rings is 1. The maximum atomic E-state index is 14.8. The van der Waals surface area contributed by atoms with E-state index in [-0.39, 0.29) is 17.1 Å². The van der Waals surface area contributed by atoms with Gasteiger partial charge in [0.25, 0.3) is 0 Å². The number of aliphatic imine (C=N–C) groups is 1. The van der Waals surface area contributed by atoms with Crippen LogP contribution in [0.5, 0.6) is 0 Å². The molecule has 2 aromatic carbocycles. The average molecular weight is 554 g/mol. The van der Waals surface area contributed by atoms with Gasteiger partial charge in [0.2, 0.25) is 0 Å². The van der Waals surface area contributed by atoms with Crippen LogP contribution in [0.25, 0.3) is 0 Å². The van der Waals surface area contributed by atoms with Gasteiger partial charge in [-0.25, -0.2) is 18.6 Å². The van der Waals surface area contributed by atoms with E-state index in [0.29, 0.717) is 30.9 Å². The number of unbranched alkanes of at least 4 members (excludes halogenated alkanes) is 2. The maximum Gasteiger partial charge on any atom is 0.335 e. The topological polar surface area (TPSA) is 82.4 Å². The number of benzene rings is 2. The number of carbonyl (C=O) groups is 2. The molecule has 2 aliphatic rings. The van der Waals surface area contributed by atoms with Crippen molar-refractivity contribution in [3.05, 3.63) is 82.6 Å². The van der Waals surface area contributed by atoms with Crippen LogP contribution >= 0.6 is 0 Å². The lowest BCUT2D eigenvalue weighted by Gasteiger charge is -2.40. The van der Waals surface area contributed by atoms with E-state index in [9.17, 15) is 23.5 Å². The first-order valence-electron chi connectivity index (χ1n) is 13.7. The van der Waals surface area contributed by atoms with Crippen LogP contribution in [0.15, 0.2) is 64.8 Å².